The van der Waals surface area contributed by atoms with Gasteiger partial charge in [-0.2, -0.15) is 4.98 Å². The van der Waals surface area contributed by atoms with Gasteiger partial charge in [0.2, 0.25) is 11.0 Å². The largest absolute Gasteiger partial charge is 0.506 e. The Morgan fingerprint density at radius 1 is 1.18 bits per heavy atom. The molecule has 1 atom stereocenters. The Hall–Kier alpha value is -1.84. The molecule has 0 spiro atoms. The highest BCUT2D eigenvalue weighted by Crippen LogP contribution is 2.41. The number of phenols is 1. The van der Waals surface area contributed by atoms with Crippen LogP contribution >= 0.6 is 43.6 Å². The molecule has 1 unspecified atom stereocenters. The van der Waals surface area contributed by atoms with Crippen LogP contribution in [0.1, 0.15) is 25.1 Å². The van der Waals surface area contributed by atoms with E-state index in [0.29, 0.717) is 25.7 Å². The van der Waals surface area contributed by atoms with E-state index in [-0.39, 0.29) is 5.75 Å². The monoisotopic (exact) mass is 522 g/mol. The van der Waals surface area contributed by atoms with Crippen molar-refractivity contribution < 1.29 is 9.84 Å². The summed E-state index contributed by atoms with van der Waals surface area (Å²) in [7, 11) is 0. The Bertz CT molecular complexity index is 1010. The highest BCUT2D eigenvalue weighted by Gasteiger charge is 2.26. The van der Waals surface area contributed by atoms with Crippen molar-refractivity contribution in [3.63, 3.8) is 0 Å². The third-order valence-electron chi connectivity index (χ3n) is 4.11. The zero-order valence-electron chi connectivity index (χ0n) is 14.8. The molecule has 0 saturated carbocycles. The molecule has 1 aromatic heterocycles. The summed E-state index contributed by atoms with van der Waals surface area (Å²) < 4.78 is 7.37. The maximum atomic E-state index is 10.0. The molecule has 3 aromatic rings. The maximum absolute atomic E-state index is 10.0. The standard InChI is InChI=1S/C19H16Br2N4O2S/c1-2-7-28-19-23-18-15(24-25-19)11-5-3-4-6-14(11)22-17(27-18)10-8-12(20)16(26)13(21)9-10/h3-6,8-9,17,22,26H,2,7H2,1H3. The number of phenolic OH excluding ortho intramolecular Hbond substituents is 1. The number of fused-ring (bicyclic) bond motifs is 3. The molecule has 28 heavy (non-hydrogen) atoms. The van der Waals surface area contributed by atoms with Crippen LogP contribution in [-0.2, 0) is 0 Å². The van der Waals surface area contributed by atoms with Crippen LogP contribution in [0.5, 0.6) is 11.6 Å². The van der Waals surface area contributed by atoms with Gasteiger partial charge in [0.25, 0.3) is 0 Å². The van der Waals surface area contributed by atoms with E-state index >= 15 is 0 Å². The zero-order chi connectivity index (χ0) is 19.7. The van der Waals surface area contributed by atoms with Crippen molar-refractivity contribution in [1.82, 2.24) is 15.2 Å². The molecule has 6 nitrogen and oxygen atoms in total. The number of benzene rings is 2. The predicted octanol–water partition coefficient (Wildman–Crippen LogP) is 5.77. The number of halogens is 2. The SMILES string of the molecule is CCCSc1nnc2c(n1)OC(c1cc(Br)c(O)c(Br)c1)Nc1ccccc1-2. The third-order valence-corrected chi connectivity index (χ3v) is 6.36. The molecule has 0 aliphatic carbocycles. The van der Waals surface area contributed by atoms with Gasteiger partial charge in [-0.25, -0.2) is 0 Å². The Morgan fingerprint density at radius 3 is 2.68 bits per heavy atom. The Kier molecular flexibility index (Phi) is 5.75. The molecular weight excluding hydrogens is 508 g/mol. The fourth-order valence-corrected chi connectivity index (χ4v) is 4.64. The van der Waals surface area contributed by atoms with E-state index in [2.05, 4.69) is 59.3 Å². The van der Waals surface area contributed by atoms with Gasteiger partial charge in [-0.15, -0.1) is 10.2 Å². The number of aromatic hydroxyl groups is 1. The molecule has 4 rings (SSSR count). The molecule has 1 aliphatic rings. The minimum atomic E-state index is -0.517. The first-order valence-electron chi connectivity index (χ1n) is 8.65. The van der Waals surface area contributed by atoms with E-state index < -0.39 is 6.23 Å². The number of thioether (sulfide) groups is 1. The van der Waals surface area contributed by atoms with Gasteiger partial charge >= 0.3 is 0 Å². The smallest absolute Gasteiger partial charge is 0.247 e. The van der Waals surface area contributed by atoms with Crippen LogP contribution in [0.4, 0.5) is 5.69 Å². The minimum Gasteiger partial charge on any atom is -0.506 e. The summed E-state index contributed by atoms with van der Waals surface area (Å²) in [6.45, 7) is 2.11. The van der Waals surface area contributed by atoms with Gasteiger partial charge in [0.05, 0.1) is 8.95 Å². The second-order valence-electron chi connectivity index (χ2n) is 6.12. The molecule has 2 N–H and O–H groups in total. The van der Waals surface area contributed by atoms with E-state index in [0.717, 1.165) is 29.0 Å². The van der Waals surface area contributed by atoms with Crippen molar-refractivity contribution >= 4 is 49.3 Å². The normalized spacial score (nSPS) is 15.0. The van der Waals surface area contributed by atoms with Crippen LogP contribution in [0.25, 0.3) is 11.3 Å². The summed E-state index contributed by atoms with van der Waals surface area (Å²) in [6.07, 6.45) is 0.505. The summed E-state index contributed by atoms with van der Waals surface area (Å²) in [4.78, 5) is 4.60. The van der Waals surface area contributed by atoms with Crippen molar-refractivity contribution in [1.29, 1.82) is 0 Å². The fourth-order valence-electron chi connectivity index (χ4n) is 2.79. The van der Waals surface area contributed by atoms with Gasteiger partial charge in [-0.3, -0.25) is 0 Å². The van der Waals surface area contributed by atoms with E-state index in [1.807, 2.05) is 36.4 Å². The van der Waals surface area contributed by atoms with Crippen LogP contribution in [-0.4, -0.2) is 26.0 Å². The van der Waals surface area contributed by atoms with Gasteiger partial charge in [-0.05, 0) is 56.5 Å². The van der Waals surface area contributed by atoms with Crippen LogP contribution in [0.3, 0.4) is 0 Å². The molecule has 0 amide bonds. The number of ether oxygens (including phenoxy) is 1. The summed E-state index contributed by atoms with van der Waals surface area (Å²) >= 11 is 8.32. The quantitative estimate of drug-likeness (QED) is 0.420. The van der Waals surface area contributed by atoms with Gasteiger partial charge < -0.3 is 15.2 Å². The minimum absolute atomic E-state index is 0.139. The second-order valence-corrected chi connectivity index (χ2v) is 8.89. The van der Waals surface area contributed by atoms with Gasteiger partial charge in [-0.1, -0.05) is 36.9 Å². The average molecular weight is 524 g/mol. The van der Waals surface area contributed by atoms with E-state index in [9.17, 15) is 5.11 Å². The highest BCUT2D eigenvalue weighted by molar-refractivity contribution is 9.11. The first-order valence-corrected chi connectivity index (χ1v) is 11.2. The lowest BCUT2D eigenvalue weighted by atomic mass is 10.1. The molecule has 2 aromatic carbocycles. The summed E-state index contributed by atoms with van der Waals surface area (Å²) in [5.74, 6) is 1.48. The maximum Gasteiger partial charge on any atom is 0.247 e. The summed E-state index contributed by atoms with van der Waals surface area (Å²) in [6, 6.07) is 11.4. The lowest BCUT2D eigenvalue weighted by Crippen LogP contribution is -2.17. The van der Waals surface area contributed by atoms with E-state index in [1.54, 1.807) is 11.8 Å². The first-order chi connectivity index (χ1) is 13.6. The number of rotatable bonds is 4. The van der Waals surface area contributed by atoms with Crippen molar-refractivity contribution in [3.8, 4) is 22.9 Å². The van der Waals surface area contributed by atoms with Crippen LogP contribution in [0.2, 0.25) is 0 Å². The molecule has 0 saturated heterocycles. The first kappa shape index (κ1) is 19.5. The van der Waals surface area contributed by atoms with Crippen LogP contribution in [0, 0.1) is 0 Å². The Labute approximate surface area is 183 Å². The molecule has 9 heteroatoms. The molecule has 144 valence electrons. The molecule has 1 aliphatic heterocycles. The lowest BCUT2D eigenvalue weighted by Gasteiger charge is -2.20. The van der Waals surface area contributed by atoms with Crippen molar-refractivity contribution in [2.45, 2.75) is 24.7 Å². The van der Waals surface area contributed by atoms with Crippen molar-refractivity contribution in [2.24, 2.45) is 0 Å². The van der Waals surface area contributed by atoms with Gasteiger partial charge in [0.1, 0.15) is 5.75 Å². The Morgan fingerprint density at radius 2 is 1.93 bits per heavy atom. The van der Waals surface area contributed by atoms with Crippen LogP contribution < -0.4 is 10.1 Å². The topological polar surface area (TPSA) is 80.2 Å². The van der Waals surface area contributed by atoms with Crippen molar-refractivity contribution in [2.75, 3.05) is 11.1 Å². The molecule has 0 fully saturated rings. The number of anilines is 1. The molecule has 2 heterocycles. The Balaban J connectivity index is 1.81. The number of nitrogens with one attached hydrogen (secondary N) is 1. The molecule has 0 radical (unpaired) electrons. The van der Waals surface area contributed by atoms with Gasteiger partial charge in [0, 0.05) is 22.6 Å². The number of para-hydroxylation sites is 1. The third kappa shape index (κ3) is 3.83. The van der Waals surface area contributed by atoms with Crippen molar-refractivity contribution in [3.05, 3.63) is 50.9 Å². The zero-order valence-corrected chi connectivity index (χ0v) is 18.8. The second kappa shape index (κ2) is 8.26. The molecular formula is C19H16Br2N4O2S. The van der Waals surface area contributed by atoms with E-state index in [1.165, 1.54) is 0 Å². The lowest BCUT2D eigenvalue weighted by molar-refractivity contribution is 0.225. The van der Waals surface area contributed by atoms with Crippen LogP contribution in [0.15, 0.2) is 50.5 Å². The molecule has 0 bridgehead atoms. The average Bonchev–Trinajstić information content (AvgIpc) is 2.86. The number of hydrogen-bond donors (Lipinski definition) is 2. The summed E-state index contributed by atoms with van der Waals surface area (Å²) in [5, 5.41) is 22.7. The summed E-state index contributed by atoms with van der Waals surface area (Å²) in [5.41, 5.74) is 3.17. The number of hydrogen-bond acceptors (Lipinski definition) is 7. The van der Waals surface area contributed by atoms with Gasteiger partial charge in [0.15, 0.2) is 11.9 Å². The predicted molar refractivity (Wildman–Crippen MR) is 117 cm³/mol. The highest BCUT2D eigenvalue weighted by atomic mass is 79.9. The van der Waals surface area contributed by atoms with E-state index in [4.69, 9.17) is 4.74 Å². The number of nitrogens with zero attached hydrogens (tertiary/aromatic N) is 3. The fraction of sp³-hybridized carbons (Fsp3) is 0.211. The number of aromatic nitrogens is 3.